The van der Waals surface area contributed by atoms with Crippen molar-refractivity contribution < 1.29 is 0 Å². The van der Waals surface area contributed by atoms with E-state index in [9.17, 15) is 0 Å². The van der Waals surface area contributed by atoms with Gasteiger partial charge in [-0.2, -0.15) is 0 Å². The Hall–Kier alpha value is -2.66. The lowest BCUT2D eigenvalue weighted by Gasteiger charge is -2.14. The molecule has 0 saturated heterocycles. The molecule has 6 heteroatoms. The van der Waals surface area contributed by atoms with Gasteiger partial charge in [0.2, 0.25) is 0 Å². The minimum absolute atomic E-state index is 0.378. The van der Waals surface area contributed by atoms with Crippen molar-refractivity contribution in [2.75, 3.05) is 5.32 Å². The van der Waals surface area contributed by atoms with E-state index in [1.807, 2.05) is 6.07 Å². The number of nitrogens with one attached hydrogen (secondary N) is 1. The number of aromatic nitrogens is 4. The minimum Gasteiger partial charge on any atom is -0.368 e. The summed E-state index contributed by atoms with van der Waals surface area (Å²) in [7, 11) is 0. The molecule has 0 radical (unpaired) electrons. The van der Waals surface area contributed by atoms with E-state index in [2.05, 4.69) is 70.2 Å². The zero-order valence-electron chi connectivity index (χ0n) is 18.1. The Labute approximate surface area is 187 Å². The van der Waals surface area contributed by atoms with E-state index in [1.165, 1.54) is 36.6 Å². The Kier molecular flexibility index (Phi) is 5.53. The van der Waals surface area contributed by atoms with Crippen LogP contribution in [0.4, 0.5) is 5.82 Å². The van der Waals surface area contributed by atoms with Gasteiger partial charge in [-0.25, -0.2) is 15.0 Å². The highest BCUT2D eigenvalue weighted by molar-refractivity contribution is 6.33. The molecule has 2 atom stereocenters. The molecule has 0 amide bonds. The van der Waals surface area contributed by atoms with E-state index in [0.29, 0.717) is 17.2 Å². The average molecular weight is 434 g/mol. The molecule has 4 aromatic rings. The number of nitrogens with zero attached hydrogens (tertiary/aromatic N) is 4. The van der Waals surface area contributed by atoms with Crippen LogP contribution in [0.15, 0.2) is 48.9 Å². The Bertz CT molecular complexity index is 1220. The number of pyridine rings is 1. The lowest BCUT2D eigenvalue weighted by atomic mass is 9.97. The topological polar surface area (TPSA) is 55.6 Å². The van der Waals surface area contributed by atoms with Crippen LogP contribution in [0.1, 0.15) is 51.1 Å². The fourth-order valence-electron chi connectivity index (χ4n) is 4.86. The van der Waals surface area contributed by atoms with E-state index in [1.54, 1.807) is 6.33 Å². The summed E-state index contributed by atoms with van der Waals surface area (Å²) >= 11 is 6.23. The van der Waals surface area contributed by atoms with E-state index in [4.69, 9.17) is 16.6 Å². The second-order valence-corrected chi connectivity index (χ2v) is 9.38. The van der Waals surface area contributed by atoms with Crippen LogP contribution in [-0.2, 0) is 6.42 Å². The Morgan fingerprint density at radius 3 is 2.87 bits per heavy atom. The Balaban J connectivity index is 1.25. The molecular weight excluding hydrogens is 406 g/mol. The van der Waals surface area contributed by atoms with Crippen LogP contribution in [0.3, 0.4) is 0 Å². The van der Waals surface area contributed by atoms with Crippen LogP contribution in [0, 0.1) is 5.92 Å². The molecule has 1 N–H and O–H groups in total. The average Bonchev–Trinajstić information content (AvgIpc) is 3.39. The van der Waals surface area contributed by atoms with Crippen LogP contribution in [0.2, 0.25) is 5.15 Å². The number of hydrogen-bond acceptors (Lipinski definition) is 4. The van der Waals surface area contributed by atoms with Crippen molar-refractivity contribution in [3.63, 3.8) is 0 Å². The first-order valence-corrected chi connectivity index (χ1v) is 11.6. The smallest absolute Gasteiger partial charge is 0.145 e. The number of fused-ring (bicyclic) bond motifs is 2. The summed E-state index contributed by atoms with van der Waals surface area (Å²) < 4.78 is 2.30. The van der Waals surface area contributed by atoms with Crippen molar-refractivity contribution in [1.29, 1.82) is 0 Å². The normalized spacial score (nSPS) is 19.0. The summed E-state index contributed by atoms with van der Waals surface area (Å²) in [5.74, 6) is 1.68. The first-order chi connectivity index (χ1) is 15.1. The van der Waals surface area contributed by atoms with E-state index in [0.717, 1.165) is 34.7 Å². The highest BCUT2D eigenvalue weighted by atomic mass is 35.5. The summed E-state index contributed by atoms with van der Waals surface area (Å²) in [5, 5.41) is 6.07. The third-order valence-corrected chi connectivity index (χ3v) is 6.70. The number of halogens is 1. The molecule has 1 aromatic carbocycles. The fraction of sp³-hybridized carbons (Fsp3) is 0.400. The zero-order valence-corrected chi connectivity index (χ0v) is 18.8. The molecule has 5 nitrogen and oxygen atoms in total. The molecular formula is C25H28ClN5. The molecule has 3 aromatic heterocycles. The van der Waals surface area contributed by atoms with Gasteiger partial charge in [0.25, 0.3) is 0 Å². The predicted octanol–water partition coefficient (Wildman–Crippen LogP) is 6.43. The van der Waals surface area contributed by atoms with Gasteiger partial charge >= 0.3 is 0 Å². The van der Waals surface area contributed by atoms with E-state index < -0.39 is 0 Å². The zero-order chi connectivity index (χ0) is 21.4. The summed E-state index contributed by atoms with van der Waals surface area (Å²) in [4.78, 5) is 13.4. The maximum atomic E-state index is 6.23. The van der Waals surface area contributed by atoms with Gasteiger partial charge in [0.15, 0.2) is 0 Å². The van der Waals surface area contributed by atoms with Gasteiger partial charge in [-0.1, -0.05) is 23.7 Å². The number of rotatable bonds is 6. The molecule has 1 aliphatic carbocycles. The molecule has 2 unspecified atom stereocenters. The van der Waals surface area contributed by atoms with Crippen molar-refractivity contribution in [2.24, 2.45) is 5.92 Å². The van der Waals surface area contributed by atoms with Gasteiger partial charge < -0.3 is 9.88 Å². The highest BCUT2D eigenvalue weighted by Crippen LogP contribution is 2.39. The third kappa shape index (κ3) is 4.24. The molecule has 0 spiro atoms. The standard InChI is InChI=1S/C25H28ClN5/c1-16(2)29-23-10-8-19-7-5-18(14-22(19)30-23)4-3-17-6-9-20(13-17)31-12-11-21-24(26)27-15-28-25(21)31/h5,7-8,10-12,14-17,20H,3-4,6,9,13H2,1-2H3,(H,29,30). The lowest BCUT2D eigenvalue weighted by Crippen LogP contribution is -2.10. The second kappa shape index (κ2) is 8.46. The molecule has 1 saturated carbocycles. The maximum absolute atomic E-state index is 6.23. The molecule has 0 aliphatic heterocycles. The molecule has 0 bridgehead atoms. The Morgan fingerprint density at radius 1 is 1.13 bits per heavy atom. The van der Waals surface area contributed by atoms with Gasteiger partial charge in [-0.15, -0.1) is 0 Å². The van der Waals surface area contributed by atoms with Crippen LogP contribution < -0.4 is 5.32 Å². The summed E-state index contributed by atoms with van der Waals surface area (Å²) in [6.45, 7) is 4.27. The van der Waals surface area contributed by atoms with Crippen molar-refractivity contribution in [1.82, 2.24) is 19.5 Å². The molecule has 1 aliphatic rings. The SMILES string of the molecule is CC(C)Nc1ccc2ccc(CCC3CCC(n4ccc5c(Cl)ncnc54)C3)cc2n1. The van der Waals surface area contributed by atoms with Gasteiger partial charge in [0.05, 0.1) is 10.9 Å². The van der Waals surface area contributed by atoms with Gasteiger partial charge in [0.1, 0.15) is 22.9 Å². The van der Waals surface area contributed by atoms with E-state index in [-0.39, 0.29) is 0 Å². The van der Waals surface area contributed by atoms with Crippen LogP contribution in [0.25, 0.3) is 21.9 Å². The number of aryl methyl sites for hydroxylation is 1. The van der Waals surface area contributed by atoms with Crippen molar-refractivity contribution in [3.8, 4) is 0 Å². The monoisotopic (exact) mass is 433 g/mol. The lowest BCUT2D eigenvalue weighted by molar-refractivity contribution is 0.461. The largest absolute Gasteiger partial charge is 0.368 e. The molecule has 5 rings (SSSR count). The fourth-order valence-corrected chi connectivity index (χ4v) is 5.05. The molecule has 3 heterocycles. The summed E-state index contributed by atoms with van der Waals surface area (Å²) in [6, 6.07) is 13.8. The number of benzene rings is 1. The quantitative estimate of drug-likeness (QED) is 0.356. The minimum atomic E-state index is 0.378. The first kappa shape index (κ1) is 20.3. The van der Waals surface area contributed by atoms with Crippen molar-refractivity contribution in [3.05, 3.63) is 59.6 Å². The molecule has 31 heavy (non-hydrogen) atoms. The van der Waals surface area contributed by atoms with Crippen molar-refractivity contribution in [2.45, 2.75) is 58.0 Å². The highest BCUT2D eigenvalue weighted by Gasteiger charge is 2.27. The van der Waals surface area contributed by atoms with Gasteiger partial charge in [0, 0.05) is 23.7 Å². The Morgan fingerprint density at radius 2 is 2.00 bits per heavy atom. The van der Waals surface area contributed by atoms with Gasteiger partial charge in [-0.05, 0) is 81.7 Å². The van der Waals surface area contributed by atoms with Crippen LogP contribution in [0.5, 0.6) is 0 Å². The van der Waals surface area contributed by atoms with Crippen molar-refractivity contribution >= 4 is 39.4 Å². The predicted molar refractivity (Wildman–Crippen MR) is 128 cm³/mol. The summed E-state index contributed by atoms with van der Waals surface area (Å²) in [6.07, 6.45) is 9.63. The first-order valence-electron chi connectivity index (χ1n) is 11.2. The summed E-state index contributed by atoms with van der Waals surface area (Å²) in [5.41, 5.74) is 3.40. The number of anilines is 1. The number of hydrogen-bond donors (Lipinski definition) is 1. The molecule has 1 fully saturated rings. The van der Waals surface area contributed by atoms with Crippen LogP contribution >= 0.6 is 11.6 Å². The van der Waals surface area contributed by atoms with Crippen LogP contribution in [-0.4, -0.2) is 25.6 Å². The molecule has 160 valence electrons. The second-order valence-electron chi connectivity index (χ2n) is 9.02. The maximum Gasteiger partial charge on any atom is 0.145 e. The third-order valence-electron chi connectivity index (χ3n) is 6.40. The van der Waals surface area contributed by atoms with E-state index >= 15 is 0 Å². The van der Waals surface area contributed by atoms with Gasteiger partial charge in [-0.3, -0.25) is 0 Å².